The fourth-order valence-corrected chi connectivity index (χ4v) is 4.01. The smallest absolute Gasteiger partial charge is 0.237 e. The molecule has 3 aliphatic rings. The summed E-state index contributed by atoms with van der Waals surface area (Å²) in [6.07, 6.45) is 7.15. The van der Waals surface area contributed by atoms with Gasteiger partial charge in [0, 0.05) is 37.8 Å². The molecule has 24 heavy (non-hydrogen) atoms. The standard InChI is InChI=1S/C17H25N5O2/c1-24-16-10-15(19-11-20-16)22(12-2-3-12)13-5-8-21(9-6-13)14-4-7-18-17(14)23/h10-14H,2-9H2,1H3,(H,18,23). The van der Waals surface area contributed by atoms with Crippen LogP contribution in [-0.4, -0.2) is 65.6 Å². The van der Waals surface area contributed by atoms with Crippen LogP contribution in [0.5, 0.6) is 5.88 Å². The summed E-state index contributed by atoms with van der Waals surface area (Å²) in [5, 5.41) is 2.95. The van der Waals surface area contributed by atoms with Gasteiger partial charge in [-0.05, 0) is 32.1 Å². The third-order valence-electron chi connectivity index (χ3n) is 5.39. The molecule has 0 bridgehead atoms. The van der Waals surface area contributed by atoms with Crippen LogP contribution < -0.4 is 15.0 Å². The molecule has 0 radical (unpaired) electrons. The van der Waals surface area contributed by atoms with Gasteiger partial charge in [-0.3, -0.25) is 9.69 Å². The first kappa shape index (κ1) is 15.6. The number of aromatic nitrogens is 2. The lowest BCUT2D eigenvalue weighted by Crippen LogP contribution is -2.50. The van der Waals surface area contributed by atoms with Crippen molar-refractivity contribution >= 4 is 11.7 Å². The van der Waals surface area contributed by atoms with E-state index in [0.29, 0.717) is 18.0 Å². The number of nitrogens with one attached hydrogen (secondary N) is 1. The third-order valence-corrected chi connectivity index (χ3v) is 5.39. The van der Waals surface area contributed by atoms with Crippen LogP contribution in [0.4, 0.5) is 5.82 Å². The average molecular weight is 331 g/mol. The second-order valence-corrected chi connectivity index (χ2v) is 6.92. The molecule has 3 fully saturated rings. The normalized spacial score (nSPS) is 25.5. The first-order valence-electron chi connectivity index (χ1n) is 8.92. The van der Waals surface area contributed by atoms with Gasteiger partial charge in [-0.25, -0.2) is 9.97 Å². The molecule has 0 aromatic carbocycles. The molecular weight excluding hydrogens is 306 g/mol. The SMILES string of the molecule is COc1cc(N(C2CC2)C2CCN(C3CCNC3=O)CC2)ncn1. The Morgan fingerprint density at radius 3 is 2.54 bits per heavy atom. The van der Waals surface area contributed by atoms with Crippen LogP contribution >= 0.6 is 0 Å². The first-order valence-corrected chi connectivity index (χ1v) is 8.92. The Morgan fingerprint density at radius 2 is 1.92 bits per heavy atom. The van der Waals surface area contributed by atoms with E-state index in [1.165, 1.54) is 12.8 Å². The maximum Gasteiger partial charge on any atom is 0.237 e. The van der Waals surface area contributed by atoms with Gasteiger partial charge in [0.15, 0.2) is 0 Å². The molecule has 1 unspecified atom stereocenters. The monoisotopic (exact) mass is 331 g/mol. The van der Waals surface area contributed by atoms with Crippen LogP contribution in [0.25, 0.3) is 0 Å². The first-order chi connectivity index (χ1) is 11.8. The minimum atomic E-state index is 0.0828. The predicted octanol–water partition coefficient (Wildman–Crippen LogP) is 0.807. The van der Waals surface area contributed by atoms with E-state index in [1.807, 2.05) is 6.07 Å². The van der Waals surface area contributed by atoms with E-state index >= 15 is 0 Å². The van der Waals surface area contributed by atoms with Gasteiger partial charge in [0.05, 0.1) is 13.2 Å². The summed E-state index contributed by atoms with van der Waals surface area (Å²) in [6.45, 7) is 2.78. The fourth-order valence-electron chi connectivity index (χ4n) is 4.01. The number of carbonyl (C=O) groups is 1. The highest BCUT2D eigenvalue weighted by Gasteiger charge is 2.39. The van der Waals surface area contributed by atoms with E-state index in [4.69, 9.17) is 4.74 Å². The van der Waals surface area contributed by atoms with Gasteiger partial charge in [0.25, 0.3) is 0 Å². The molecule has 1 N–H and O–H groups in total. The van der Waals surface area contributed by atoms with Gasteiger partial charge in [0.1, 0.15) is 12.1 Å². The Hall–Kier alpha value is -1.89. The van der Waals surface area contributed by atoms with Crippen LogP contribution in [0.2, 0.25) is 0 Å². The molecular formula is C17H25N5O2. The van der Waals surface area contributed by atoms with Crippen molar-refractivity contribution in [2.45, 2.75) is 50.2 Å². The fraction of sp³-hybridized carbons (Fsp3) is 0.706. The molecule has 7 nitrogen and oxygen atoms in total. The molecule has 1 aromatic rings. The Kier molecular flexibility index (Phi) is 4.26. The summed E-state index contributed by atoms with van der Waals surface area (Å²) in [7, 11) is 1.64. The van der Waals surface area contributed by atoms with Gasteiger partial charge < -0.3 is 15.0 Å². The molecule has 2 saturated heterocycles. The van der Waals surface area contributed by atoms with Crippen LogP contribution in [0, 0.1) is 0 Å². The number of anilines is 1. The van der Waals surface area contributed by atoms with E-state index in [0.717, 1.165) is 44.7 Å². The number of ether oxygens (including phenoxy) is 1. The summed E-state index contributed by atoms with van der Waals surface area (Å²) in [5.41, 5.74) is 0. The molecule has 4 rings (SSSR count). The van der Waals surface area contributed by atoms with Crippen molar-refractivity contribution in [1.29, 1.82) is 0 Å². The summed E-state index contributed by atoms with van der Waals surface area (Å²) < 4.78 is 5.26. The molecule has 1 saturated carbocycles. The number of rotatable bonds is 5. The Balaban J connectivity index is 1.45. The zero-order chi connectivity index (χ0) is 16.5. The van der Waals surface area contributed by atoms with Crippen molar-refractivity contribution in [3.05, 3.63) is 12.4 Å². The number of carbonyl (C=O) groups excluding carboxylic acids is 1. The molecule has 0 spiro atoms. The Morgan fingerprint density at radius 1 is 1.17 bits per heavy atom. The zero-order valence-corrected chi connectivity index (χ0v) is 14.1. The summed E-state index contributed by atoms with van der Waals surface area (Å²) in [6, 6.07) is 3.10. The zero-order valence-electron chi connectivity index (χ0n) is 14.1. The Labute approximate surface area is 142 Å². The predicted molar refractivity (Wildman–Crippen MR) is 90.1 cm³/mol. The lowest BCUT2D eigenvalue weighted by atomic mass is 10.0. The highest BCUT2D eigenvalue weighted by Crippen LogP contribution is 2.36. The van der Waals surface area contributed by atoms with Gasteiger partial charge >= 0.3 is 0 Å². The van der Waals surface area contributed by atoms with Crippen molar-refractivity contribution in [1.82, 2.24) is 20.2 Å². The van der Waals surface area contributed by atoms with Crippen molar-refractivity contribution in [3.8, 4) is 5.88 Å². The maximum absolute atomic E-state index is 11.9. The lowest BCUT2D eigenvalue weighted by Gasteiger charge is -2.40. The molecule has 2 aliphatic heterocycles. The second-order valence-electron chi connectivity index (χ2n) is 6.92. The number of hydrogen-bond donors (Lipinski definition) is 1. The van der Waals surface area contributed by atoms with Gasteiger partial charge in [-0.15, -0.1) is 0 Å². The summed E-state index contributed by atoms with van der Waals surface area (Å²) >= 11 is 0. The minimum Gasteiger partial charge on any atom is -0.481 e. The van der Waals surface area contributed by atoms with E-state index in [-0.39, 0.29) is 11.9 Å². The second kappa shape index (κ2) is 6.55. The van der Waals surface area contributed by atoms with Gasteiger partial charge in [-0.2, -0.15) is 0 Å². The number of hydrogen-bond acceptors (Lipinski definition) is 6. The third kappa shape index (κ3) is 3.05. The Bertz CT molecular complexity index is 598. The van der Waals surface area contributed by atoms with Crippen molar-refractivity contribution in [2.75, 3.05) is 31.6 Å². The number of amides is 1. The van der Waals surface area contributed by atoms with E-state index in [1.54, 1.807) is 13.4 Å². The number of methoxy groups -OCH3 is 1. The highest BCUT2D eigenvalue weighted by molar-refractivity contribution is 5.83. The van der Waals surface area contributed by atoms with Crippen molar-refractivity contribution in [3.63, 3.8) is 0 Å². The maximum atomic E-state index is 11.9. The van der Waals surface area contributed by atoms with Crippen molar-refractivity contribution < 1.29 is 9.53 Å². The molecule has 1 aromatic heterocycles. The van der Waals surface area contributed by atoms with E-state index < -0.39 is 0 Å². The molecule has 130 valence electrons. The van der Waals surface area contributed by atoms with Crippen LogP contribution in [0.15, 0.2) is 12.4 Å². The molecule has 1 atom stereocenters. The number of nitrogens with zero attached hydrogens (tertiary/aromatic N) is 4. The largest absolute Gasteiger partial charge is 0.481 e. The quantitative estimate of drug-likeness (QED) is 0.861. The molecule has 1 amide bonds. The molecule has 1 aliphatic carbocycles. The summed E-state index contributed by atoms with van der Waals surface area (Å²) in [5.74, 6) is 1.79. The van der Waals surface area contributed by atoms with E-state index in [2.05, 4.69) is 25.1 Å². The molecule has 7 heteroatoms. The van der Waals surface area contributed by atoms with Crippen molar-refractivity contribution in [2.24, 2.45) is 0 Å². The van der Waals surface area contributed by atoms with Gasteiger partial charge in [-0.1, -0.05) is 0 Å². The minimum absolute atomic E-state index is 0.0828. The van der Waals surface area contributed by atoms with Crippen LogP contribution in [0.1, 0.15) is 32.1 Å². The lowest BCUT2D eigenvalue weighted by molar-refractivity contribution is -0.124. The van der Waals surface area contributed by atoms with Crippen LogP contribution in [-0.2, 0) is 4.79 Å². The topological polar surface area (TPSA) is 70.6 Å². The van der Waals surface area contributed by atoms with E-state index in [9.17, 15) is 4.79 Å². The number of piperidine rings is 1. The van der Waals surface area contributed by atoms with Crippen LogP contribution in [0.3, 0.4) is 0 Å². The highest BCUT2D eigenvalue weighted by atomic mass is 16.5. The summed E-state index contributed by atoms with van der Waals surface area (Å²) in [4.78, 5) is 25.3. The average Bonchev–Trinajstić information content (AvgIpc) is 3.36. The van der Waals surface area contributed by atoms with Gasteiger partial charge in [0.2, 0.25) is 11.8 Å². The molecule has 3 heterocycles. The number of likely N-dealkylation sites (tertiary alicyclic amines) is 1.